The number of hydrogen-bond acceptors (Lipinski definition) is 2. The molecule has 76 valence electrons. The monoisotopic (exact) mass is 193 g/mol. The van der Waals surface area contributed by atoms with Gasteiger partial charge in [0.25, 0.3) is 5.56 Å². The van der Waals surface area contributed by atoms with E-state index in [0.29, 0.717) is 5.92 Å². The number of nitrogens with zero attached hydrogens (tertiary/aromatic N) is 1. The van der Waals surface area contributed by atoms with Crippen LogP contribution >= 0.6 is 0 Å². The van der Waals surface area contributed by atoms with Gasteiger partial charge in [0, 0.05) is 12.2 Å². The van der Waals surface area contributed by atoms with Crippen LogP contribution in [0.2, 0.25) is 0 Å². The van der Waals surface area contributed by atoms with Crippen molar-refractivity contribution in [3.05, 3.63) is 28.2 Å². The summed E-state index contributed by atoms with van der Waals surface area (Å²) in [5.41, 5.74) is 0.806. The Morgan fingerprint density at radius 1 is 1.50 bits per heavy atom. The minimum absolute atomic E-state index is 0.104. The quantitative estimate of drug-likeness (QED) is 0.780. The summed E-state index contributed by atoms with van der Waals surface area (Å²) in [7, 11) is 0. The van der Waals surface area contributed by atoms with E-state index in [1.807, 2.05) is 20.0 Å². The second-order valence-electron chi connectivity index (χ2n) is 4.24. The van der Waals surface area contributed by atoms with Gasteiger partial charge in [0.15, 0.2) is 5.75 Å². The Balaban J connectivity index is 2.52. The minimum Gasteiger partial charge on any atom is -0.503 e. The van der Waals surface area contributed by atoms with Crippen molar-refractivity contribution in [2.24, 2.45) is 0 Å². The standard InChI is InChI=1S/C11H15NO2/c1-7(2)12-6-9(8-3-4-8)5-10(13)11(12)14/h5-8,13H,3-4H2,1-2H3. The summed E-state index contributed by atoms with van der Waals surface area (Å²) in [6.07, 6.45) is 4.23. The van der Waals surface area contributed by atoms with Gasteiger partial charge < -0.3 is 9.67 Å². The van der Waals surface area contributed by atoms with Crippen LogP contribution in [0.5, 0.6) is 5.75 Å². The molecule has 1 aromatic heterocycles. The van der Waals surface area contributed by atoms with Crippen molar-refractivity contribution in [2.75, 3.05) is 0 Å². The molecule has 3 nitrogen and oxygen atoms in total. The van der Waals surface area contributed by atoms with Crippen LogP contribution in [0.15, 0.2) is 17.1 Å². The zero-order chi connectivity index (χ0) is 10.3. The number of aromatic hydroxyl groups is 1. The normalized spacial score (nSPS) is 16.2. The van der Waals surface area contributed by atoms with Crippen LogP contribution in [0.1, 0.15) is 44.2 Å². The van der Waals surface area contributed by atoms with Crippen molar-refractivity contribution < 1.29 is 5.11 Å². The van der Waals surface area contributed by atoms with Crippen LogP contribution in [0.3, 0.4) is 0 Å². The first kappa shape index (κ1) is 9.31. The molecule has 0 aromatic carbocycles. The number of rotatable bonds is 2. The summed E-state index contributed by atoms with van der Waals surface area (Å²) in [5, 5.41) is 9.47. The van der Waals surface area contributed by atoms with Crippen LogP contribution < -0.4 is 5.56 Å². The number of hydrogen-bond donors (Lipinski definition) is 1. The second-order valence-corrected chi connectivity index (χ2v) is 4.24. The molecule has 1 aliphatic carbocycles. The molecule has 0 saturated heterocycles. The van der Waals surface area contributed by atoms with E-state index in [2.05, 4.69) is 0 Å². The van der Waals surface area contributed by atoms with E-state index in [9.17, 15) is 9.90 Å². The van der Waals surface area contributed by atoms with Crippen molar-refractivity contribution in [3.8, 4) is 5.75 Å². The minimum atomic E-state index is -0.288. The van der Waals surface area contributed by atoms with Crippen molar-refractivity contribution in [2.45, 2.75) is 38.6 Å². The van der Waals surface area contributed by atoms with E-state index in [-0.39, 0.29) is 17.4 Å². The van der Waals surface area contributed by atoms with Crippen molar-refractivity contribution in [1.82, 2.24) is 4.57 Å². The molecule has 0 aliphatic heterocycles. The Bertz CT molecular complexity index is 402. The Labute approximate surface area is 83.0 Å². The average molecular weight is 193 g/mol. The average Bonchev–Trinajstić information content (AvgIpc) is 2.91. The van der Waals surface area contributed by atoms with E-state index >= 15 is 0 Å². The SMILES string of the molecule is CC(C)n1cc(C2CC2)cc(O)c1=O. The number of pyridine rings is 1. The topological polar surface area (TPSA) is 42.2 Å². The molecule has 0 bridgehead atoms. The number of aromatic nitrogens is 1. The Morgan fingerprint density at radius 3 is 2.64 bits per heavy atom. The van der Waals surface area contributed by atoms with E-state index < -0.39 is 0 Å². The molecule has 2 rings (SSSR count). The summed E-state index contributed by atoms with van der Waals surface area (Å²) in [6.45, 7) is 3.88. The largest absolute Gasteiger partial charge is 0.503 e. The van der Waals surface area contributed by atoms with Gasteiger partial charge in [0.1, 0.15) is 0 Å². The molecule has 1 saturated carbocycles. The third-order valence-electron chi connectivity index (χ3n) is 2.65. The summed E-state index contributed by atoms with van der Waals surface area (Å²) >= 11 is 0. The molecular weight excluding hydrogens is 178 g/mol. The van der Waals surface area contributed by atoms with Gasteiger partial charge in [-0.15, -0.1) is 0 Å². The molecular formula is C11H15NO2. The molecule has 14 heavy (non-hydrogen) atoms. The highest BCUT2D eigenvalue weighted by Crippen LogP contribution is 2.40. The second kappa shape index (κ2) is 3.15. The zero-order valence-corrected chi connectivity index (χ0v) is 8.53. The molecule has 3 heteroatoms. The van der Waals surface area contributed by atoms with Crippen molar-refractivity contribution in [3.63, 3.8) is 0 Å². The van der Waals surface area contributed by atoms with Gasteiger partial charge in [0.05, 0.1) is 0 Å². The summed E-state index contributed by atoms with van der Waals surface area (Å²) < 4.78 is 1.60. The fourth-order valence-corrected chi connectivity index (χ4v) is 1.63. The van der Waals surface area contributed by atoms with Gasteiger partial charge >= 0.3 is 0 Å². The lowest BCUT2D eigenvalue weighted by Crippen LogP contribution is -2.21. The van der Waals surface area contributed by atoms with Crippen LogP contribution in [-0.4, -0.2) is 9.67 Å². The molecule has 1 heterocycles. The van der Waals surface area contributed by atoms with Crippen molar-refractivity contribution >= 4 is 0 Å². The molecule has 0 spiro atoms. The predicted molar refractivity (Wildman–Crippen MR) is 54.7 cm³/mol. The first-order chi connectivity index (χ1) is 6.59. The highest BCUT2D eigenvalue weighted by atomic mass is 16.3. The van der Waals surface area contributed by atoms with Gasteiger partial charge in [-0.05, 0) is 44.2 Å². The van der Waals surface area contributed by atoms with E-state index in [4.69, 9.17) is 0 Å². The first-order valence-electron chi connectivity index (χ1n) is 5.04. The molecule has 1 aromatic rings. The lowest BCUT2D eigenvalue weighted by atomic mass is 10.2. The van der Waals surface area contributed by atoms with Gasteiger partial charge in [0.2, 0.25) is 0 Å². The maximum atomic E-state index is 11.5. The fourth-order valence-electron chi connectivity index (χ4n) is 1.63. The fraction of sp³-hybridized carbons (Fsp3) is 0.545. The highest BCUT2D eigenvalue weighted by Gasteiger charge is 2.25. The lowest BCUT2D eigenvalue weighted by Gasteiger charge is -2.12. The highest BCUT2D eigenvalue weighted by molar-refractivity contribution is 5.29. The molecule has 1 aliphatic rings. The molecule has 0 radical (unpaired) electrons. The Hall–Kier alpha value is -1.25. The molecule has 1 N–H and O–H groups in total. The smallest absolute Gasteiger partial charge is 0.292 e. The molecule has 0 atom stereocenters. The molecule has 0 amide bonds. The van der Waals surface area contributed by atoms with Crippen LogP contribution in [0.25, 0.3) is 0 Å². The van der Waals surface area contributed by atoms with E-state index in [0.717, 1.165) is 5.56 Å². The summed E-state index contributed by atoms with van der Waals surface area (Å²) in [4.78, 5) is 11.5. The molecule has 1 fully saturated rings. The van der Waals surface area contributed by atoms with Crippen molar-refractivity contribution in [1.29, 1.82) is 0 Å². The van der Waals surface area contributed by atoms with Gasteiger partial charge in [-0.25, -0.2) is 0 Å². The van der Waals surface area contributed by atoms with Crippen LogP contribution in [0.4, 0.5) is 0 Å². The maximum absolute atomic E-state index is 11.5. The van der Waals surface area contributed by atoms with Gasteiger partial charge in [-0.2, -0.15) is 0 Å². The van der Waals surface area contributed by atoms with Crippen LogP contribution in [0, 0.1) is 0 Å². The van der Waals surface area contributed by atoms with Crippen LogP contribution in [-0.2, 0) is 0 Å². The third-order valence-corrected chi connectivity index (χ3v) is 2.65. The van der Waals surface area contributed by atoms with E-state index in [1.165, 1.54) is 12.8 Å². The van der Waals surface area contributed by atoms with Gasteiger partial charge in [-0.1, -0.05) is 0 Å². The Morgan fingerprint density at radius 2 is 2.14 bits per heavy atom. The predicted octanol–water partition coefficient (Wildman–Crippen LogP) is 2.01. The zero-order valence-electron chi connectivity index (χ0n) is 8.53. The first-order valence-corrected chi connectivity index (χ1v) is 5.04. The Kier molecular flexibility index (Phi) is 2.10. The molecule has 0 unspecified atom stereocenters. The van der Waals surface area contributed by atoms with E-state index in [1.54, 1.807) is 10.6 Å². The maximum Gasteiger partial charge on any atom is 0.292 e. The summed E-state index contributed by atoms with van der Waals surface area (Å²) in [5.74, 6) is 0.439. The van der Waals surface area contributed by atoms with Gasteiger partial charge in [-0.3, -0.25) is 4.79 Å². The lowest BCUT2D eigenvalue weighted by molar-refractivity contribution is 0.447. The summed E-state index contributed by atoms with van der Waals surface area (Å²) in [6, 6.07) is 1.71. The third kappa shape index (κ3) is 1.54.